The molecule has 1 N–H and O–H groups in total. The average molecular weight is 522 g/mol. The fourth-order valence-electron chi connectivity index (χ4n) is 6.44. The van der Waals surface area contributed by atoms with E-state index in [1.165, 1.54) is 76.3 Å². The van der Waals surface area contributed by atoms with Crippen molar-refractivity contribution in [3.63, 3.8) is 0 Å². The van der Waals surface area contributed by atoms with Gasteiger partial charge in [-0.1, -0.05) is 73.2 Å². The second-order valence-corrected chi connectivity index (χ2v) is 10.4. The van der Waals surface area contributed by atoms with Gasteiger partial charge in [0.05, 0.1) is 0 Å². The van der Waals surface area contributed by atoms with Gasteiger partial charge < -0.3 is 9.84 Å². The molecule has 0 amide bonds. The van der Waals surface area contributed by atoms with Gasteiger partial charge in [0.2, 0.25) is 0 Å². The largest absolute Gasteiger partial charge is 0.508 e. The minimum absolute atomic E-state index is 0. The first-order chi connectivity index (χ1) is 18.3. The van der Waals surface area contributed by atoms with Crippen LogP contribution in [0.3, 0.4) is 0 Å². The van der Waals surface area contributed by atoms with E-state index >= 15 is 0 Å². The Bertz CT molecular complexity index is 1610. The van der Waals surface area contributed by atoms with Crippen molar-refractivity contribution in [1.82, 2.24) is 4.90 Å². The van der Waals surface area contributed by atoms with Crippen LogP contribution < -0.4 is 4.74 Å². The third-order valence-electron chi connectivity index (χ3n) is 8.22. The molecule has 1 heterocycles. The molecule has 192 valence electrons. The van der Waals surface area contributed by atoms with Gasteiger partial charge in [-0.2, -0.15) is 0 Å². The molecule has 0 radical (unpaired) electrons. The lowest BCUT2D eigenvalue weighted by molar-refractivity contribution is 0.183. The minimum atomic E-state index is 0. The second kappa shape index (κ2) is 10.3. The van der Waals surface area contributed by atoms with Crippen molar-refractivity contribution in [3.8, 4) is 22.6 Å². The maximum absolute atomic E-state index is 10.1. The number of rotatable bonds is 5. The molecule has 0 aromatic heterocycles. The SMILES string of the molecule is Cl.Oc1ccc2c3c(ccc2c1)-c1ccc2ccccc2c1C3c1ccc(OCCN2CCCCC2)cc1. The fraction of sp³-hybridized carbons (Fsp3) is 0.235. The fourth-order valence-corrected chi connectivity index (χ4v) is 6.44. The summed E-state index contributed by atoms with van der Waals surface area (Å²) in [6, 6.07) is 32.1. The minimum Gasteiger partial charge on any atom is -0.508 e. The van der Waals surface area contributed by atoms with Crippen LogP contribution in [0.5, 0.6) is 11.5 Å². The number of hydrogen-bond acceptors (Lipinski definition) is 3. The Kier molecular flexibility index (Phi) is 6.73. The van der Waals surface area contributed by atoms with E-state index in [1.54, 1.807) is 6.07 Å². The van der Waals surface area contributed by atoms with Crippen molar-refractivity contribution in [2.45, 2.75) is 25.2 Å². The first-order valence-corrected chi connectivity index (χ1v) is 13.5. The third-order valence-corrected chi connectivity index (χ3v) is 8.22. The summed E-state index contributed by atoms with van der Waals surface area (Å²) in [5.41, 5.74) is 6.54. The highest BCUT2D eigenvalue weighted by Gasteiger charge is 2.33. The molecule has 1 aliphatic heterocycles. The van der Waals surface area contributed by atoms with Crippen LogP contribution in [0.15, 0.2) is 91.0 Å². The first-order valence-electron chi connectivity index (χ1n) is 13.5. The lowest BCUT2D eigenvalue weighted by Crippen LogP contribution is -2.33. The normalized spacial score (nSPS) is 16.7. The van der Waals surface area contributed by atoms with Crippen molar-refractivity contribution in [1.29, 1.82) is 0 Å². The van der Waals surface area contributed by atoms with Crippen LogP contribution in [-0.4, -0.2) is 36.2 Å². The van der Waals surface area contributed by atoms with Crippen LogP contribution >= 0.6 is 12.4 Å². The molecular weight excluding hydrogens is 490 g/mol. The summed E-state index contributed by atoms with van der Waals surface area (Å²) < 4.78 is 6.15. The number of piperidine rings is 1. The van der Waals surface area contributed by atoms with E-state index in [0.29, 0.717) is 5.75 Å². The molecule has 1 aliphatic carbocycles. The maximum Gasteiger partial charge on any atom is 0.119 e. The Balaban J connectivity index is 0.00000264. The van der Waals surface area contributed by atoms with Crippen LogP contribution in [0.25, 0.3) is 32.7 Å². The zero-order valence-corrected chi connectivity index (χ0v) is 22.2. The van der Waals surface area contributed by atoms with E-state index in [4.69, 9.17) is 4.74 Å². The lowest BCUT2D eigenvalue weighted by Gasteiger charge is -2.26. The first kappa shape index (κ1) is 24.8. The number of halogens is 1. The third kappa shape index (κ3) is 4.30. The molecule has 7 rings (SSSR count). The van der Waals surface area contributed by atoms with Gasteiger partial charge >= 0.3 is 0 Å². The summed E-state index contributed by atoms with van der Waals surface area (Å²) in [5.74, 6) is 1.35. The number of nitrogens with zero attached hydrogens (tertiary/aromatic N) is 1. The number of phenols is 1. The molecular formula is C34H32ClNO2. The highest BCUT2D eigenvalue weighted by atomic mass is 35.5. The summed E-state index contributed by atoms with van der Waals surface area (Å²) in [7, 11) is 0. The summed E-state index contributed by atoms with van der Waals surface area (Å²) in [6.07, 6.45) is 3.97. The number of benzene rings is 5. The maximum atomic E-state index is 10.1. The number of fused-ring (bicyclic) bond motifs is 7. The van der Waals surface area contributed by atoms with Crippen LogP contribution in [0.1, 0.15) is 41.9 Å². The lowest BCUT2D eigenvalue weighted by atomic mass is 9.85. The van der Waals surface area contributed by atoms with Gasteiger partial charge in [-0.3, -0.25) is 4.90 Å². The molecule has 5 aromatic carbocycles. The van der Waals surface area contributed by atoms with Gasteiger partial charge in [-0.15, -0.1) is 12.4 Å². The van der Waals surface area contributed by atoms with Gasteiger partial charge in [-0.05, 0) is 99.6 Å². The van der Waals surface area contributed by atoms with Gasteiger partial charge in [0.25, 0.3) is 0 Å². The number of phenolic OH excluding ortho intramolecular Hbond substituents is 1. The van der Waals surface area contributed by atoms with Crippen molar-refractivity contribution < 1.29 is 9.84 Å². The summed E-state index contributed by atoms with van der Waals surface area (Å²) in [4.78, 5) is 2.51. The predicted octanol–water partition coefficient (Wildman–Crippen LogP) is 8.15. The standard InChI is InChI=1S/C34H31NO2.ClH/c36-26-12-17-29-25(22-26)11-16-31-30-15-10-23-6-2-3-7-28(23)33(30)32(34(29)31)24-8-13-27(14-9-24)37-21-20-35-18-4-1-5-19-35;/h2-3,6-17,22,32,36H,1,4-5,18-21H2;1H. The molecule has 0 spiro atoms. The monoisotopic (exact) mass is 521 g/mol. The summed E-state index contributed by atoms with van der Waals surface area (Å²) in [5, 5.41) is 15.0. The van der Waals surface area contributed by atoms with Gasteiger partial charge in [0, 0.05) is 12.5 Å². The van der Waals surface area contributed by atoms with E-state index in [0.717, 1.165) is 24.3 Å². The zero-order valence-electron chi connectivity index (χ0n) is 21.4. The van der Waals surface area contributed by atoms with Gasteiger partial charge in [0.1, 0.15) is 18.1 Å². The Morgan fingerprint density at radius 3 is 2.16 bits per heavy atom. The highest BCUT2D eigenvalue weighted by Crippen LogP contribution is 2.53. The van der Waals surface area contributed by atoms with Gasteiger partial charge in [-0.25, -0.2) is 0 Å². The average Bonchev–Trinajstić information content (AvgIpc) is 3.29. The molecule has 2 aliphatic rings. The van der Waals surface area contributed by atoms with Crippen LogP contribution in [0.2, 0.25) is 0 Å². The molecule has 0 saturated carbocycles. The molecule has 1 saturated heterocycles. The number of ether oxygens (including phenoxy) is 1. The number of aromatic hydroxyl groups is 1. The van der Waals surface area contributed by atoms with Crippen LogP contribution in [-0.2, 0) is 0 Å². The zero-order chi connectivity index (χ0) is 24.8. The molecule has 1 unspecified atom stereocenters. The molecule has 1 atom stereocenters. The molecule has 5 aromatic rings. The number of hydrogen-bond donors (Lipinski definition) is 1. The smallest absolute Gasteiger partial charge is 0.119 e. The van der Waals surface area contributed by atoms with E-state index in [2.05, 4.69) is 83.8 Å². The van der Waals surface area contributed by atoms with Crippen LogP contribution in [0, 0.1) is 0 Å². The highest BCUT2D eigenvalue weighted by molar-refractivity contribution is 6.03. The summed E-state index contributed by atoms with van der Waals surface area (Å²) >= 11 is 0. The van der Waals surface area contributed by atoms with E-state index in [9.17, 15) is 5.11 Å². The van der Waals surface area contributed by atoms with Crippen molar-refractivity contribution in [2.75, 3.05) is 26.2 Å². The topological polar surface area (TPSA) is 32.7 Å². The molecule has 38 heavy (non-hydrogen) atoms. The predicted molar refractivity (Wildman–Crippen MR) is 159 cm³/mol. The van der Waals surface area contributed by atoms with Crippen molar-refractivity contribution >= 4 is 34.0 Å². The Hall–Kier alpha value is -3.53. The van der Waals surface area contributed by atoms with Crippen LogP contribution in [0.4, 0.5) is 0 Å². The summed E-state index contributed by atoms with van der Waals surface area (Å²) in [6.45, 7) is 4.12. The van der Waals surface area contributed by atoms with Crippen molar-refractivity contribution in [3.05, 3.63) is 108 Å². The second-order valence-electron chi connectivity index (χ2n) is 10.4. The number of likely N-dealkylation sites (tertiary alicyclic amines) is 1. The Labute approximate surface area is 230 Å². The molecule has 4 heteroatoms. The van der Waals surface area contributed by atoms with E-state index in [1.807, 2.05) is 6.07 Å². The molecule has 0 bridgehead atoms. The Morgan fingerprint density at radius 2 is 1.39 bits per heavy atom. The van der Waals surface area contributed by atoms with Crippen molar-refractivity contribution in [2.24, 2.45) is 0 Å². The van der Waals surface area contributed by atoms with E-state index < -0.39 is 0 Å². The van der Waals surface area contributed by atoms with Gasteiger partial charge in [0.15, 0.2) is 0 Å². The Morgan fingerprint density at radius 1 is 0.711 bits per heavy atom. The quantitative estimate of drug-likeness (QED) is 0.248. The van der Waals surface area contributed by atoms with E-state index in [-0.39, 0.29) is 18.3 Å². The molecule has 1 fully saturated rings. The molecule has 3 nitrogen and oxygen atoms in total.